The van der Waals surface area contributed by atoms with Gasteiger partial charge < -0.3 is 9.80 Å². The van der Waals surface area contributed by atoms with Gasteiger partial charge in [0.2, 0.25) is 0 Å². The van der Waals surface area contributed by atoms with E-state index < -0.39 is 5.82 Å². The van der Waals surface area contributed by atoms with Gasteiger partial charge in [0, 0.05) is 24.7 Å². The third-order valence-corrected chi connectivity index (χ3v) is 3.90. The first-order chi connectivity index (χ1) is 8.99. The number of hydrogen-bond acceptors (Lipinski definition) is 2. The lowest BCUT2D eigenvalue weighted by molar-refractivity contribution is 0.0757. The Hall–Kier alpha value is -1.13. The molecule has 104 valence electrons. The van der Waals surface area contributed by atoms with Gasteiger partial charge in [-0.1, -0.05) is 11.6 Å². The molecular formula is C14H18ClFN2O. The summed E-state index contributed by atoms with van der Waals surface area (Å²) < 4.78 is 13.7. The molecule has 1 aromatic carbocycles. The molecule has 5 heteroatoms. The standard InChI is InChI=1S/C14H18ClFN2O/c1-17-7-3-4-11(17)9-18(2)14(19)12-8-10(15)5-6-13(12)16/h5-6,8,11H,3-4,7,9H2,1-2H3. The quantitative estimate of drug-likeness (QED) is 0.852. The van der Waals surface area contributed by atoms with Gasteiger partial charge in [-0.2, -0.15) is 0 Å². The number of rotatable bonds is 3. The maximum absolute atomic E-state index is 13.7. The second kappa shape index (κ2) is 5.88. The first-order valence-electron chi connectivity index (χ1n) is 6.40. The summed E-state index contributed by atoms with van der Waals surface area (Å²) in [6, 6.07) is 4.41. The SMILES string of the molecule is CN(CC1CCCN1C)C(=O)c1cc(Cl)ccc1F. The number of likely N-dealkylation sites (N-methyl/N-ethyl adjacent to an activating group) is 2. The van der Waals surface area contributed by atoms with Crippen LogP contribution in [0.5, 0.6) is 0 Å². The summed E-state index contributed by atoms with van der Waals surface area (Å²) in [4.78, 5) is 16.0. The van der Waals surface area contributed by atoms with E-state index in [2.05, 4.69) is 11.9 Å². The van der Waals surface area contributed by atoms with Gasteiger partial charge in [0.1, 0.15) is 5.82 Å². The zero-order valence-corrected chi connectivity index (χ0v) is 12.0. The average molecular weight is 285 g/mol. The van der Waals surface area contributed by atoms with Crippen LogP contribution in [0, 0.1) is 5.82 Å². The van der Waals surface area contributed by atoms with Crippen LogP contribution in [0.25, 0.3) is 0 Å². The summed E-state index contributed by atoms with van der Waals surface area (Å²) in [7, 11) is 3.75. The number of benzene rings is 1. The van der Waals surface area contributed by atoms with E-state index in [4.69, 9.17) is 11.6 Å². The van der Waals surface area contributed by atoms with Crippen molar-refractivity contribution in [1.29, 1.82) is 0 Å². The highest BCUT2D eigenvalue weighted by molar-refractivity contribution is 6.30. The predicted molar refractivity (Wildman–Crippen MR) is 74.0 cm³/mol. The number of carbonyl (C=O) groups is 1. The summed E-state index contributed by atoms with van der Waals surface area (Å²) >= 11 is 5.81. The minimum absolute atomic E-state index is 0.0376. The molecule has 0 spiro atoms. The number of amides is 1. The minimum atomic E-state index is -0.527. The molecule has 1 aliphatic rings. The third kappa shape index (κ3) is 3.25. The Balaban J connectivity index is 2.08. The van der Waals surface area contributed by atoms with E-state index in [0.717, 1.165) is 19.4 Å². The molecule has 1 aliphatic heterocycles. The summed E-state index contributed by atoms with van der Waals surface area (Å²) in [5.41, 5.74) is 0.0376. The van der Waals surface area contributed by atoms with Crippen LogP contribution in [0.15, 0.2) is 18.2 Å². The van der Waals surface area contributed by atoms with Crippen LogP contribution in [0.1, 0.15) is 23.2 Å². The van der Waals surface area contributed by atoms with Crippen LogP contribution in [-0.2, 0) is 0 Å². The van der Waals surface area contributed by atoms with E-state index >= 15 is 0 Å². The Bertz CT molecular complexity index is 481. The van der Waals surface area contributed by atoms with Crippen LogP contribution < -0.4 is 0 Å². The van der Waals surface area contributed by atoms with Crippen LogP contribution in [0.2, 0.25) is 5.02 Å². The molecule has 0 bridgehead atoms. The molecule has 1 amide bonds. The van der Waals surface area contributed by atoms with Crippen molar-refractivity contribution in [1.82, 2.24) is 9.80 Å². The number of hydrogen-bond donors (Lipinski definition) is 0. The van der Waals surface area contributed by atoms with Gasteiger partial charge in [0.15, 0.2) is 0 Å². The van der Waals surface area contributed by atoms with Crippen LogP contribution >= 0.6 is 11.6 Å². The highest BCUT2D eigenvalue weighted by Gasteiger charge is 2.25. The van der Waals surface area contributed by atoms with Gasteiger partial charge in [-0.15, -0.1) is 0 Å². The van der Waals surface area contributed by atoms with E-state index in [1.54, 1.807) is 11.9 Å². The fraction of sp³-hybridized carbons (Fsp3) is 0.500. The van der Waals surface area contributed by atoms with E-state index in [1.807, 2.05) is 0 Å². The second-order valence-electron chi connectivity index (χ2n) is 5.09. The highest BCUT2D eigenvalue weighted by atomic mass is 35.5. The summed E-state index contributed by atoms with van der Waals surface area (Å²) in [5.74, 6) is -0.846. The van der Waals surface area contributed by atoms with Gasteiger partial charge in [-0.25, -0.2) is 4.39 Å². The van der Waals surface area contributed by atoms with Gasteiger partial charge in [0.25, 0.3) is 5.91 Å². The molecular weight excluding hydrogens is 267 g/mol. The number of nitrogens with zero attached hydrogens (tertiary/aromatic N) is 2. The summed E-state index contributed by atoms with van der Waals surface area (Å²) in [6.45, 7) is 1.67. The number of halogens is 2. The Morgan fingerprint density at radius 2 is 2.32 bits per heavy atom. The first-order valence-corrected chi connectivity index (χ1v) is 6.77. The summed E-state index contributed by atoms with van der Waals surface area (Å²) in [6.07, 6.45) is 2.22. The van der Waals surface area contributed by atoms with Gasteiger partial charge in [-0.3, -0.25) is 4.79 Å². The van der Waals surface area contributed by atoms with Crippen LogP contribution in [0.3, 0.4) is 0 Å². The molecule has 0 N–H and O–H groups in total. The maximum atomic E-state index is 13.7. The van der Waals surface area contributed by atoms with E-state index in [-0.39, 0.29) is 11.5 Å². The van der Waals surface area contributed by atoms with E-state index in [0.29, 0.717) is 17.6 Å². The molecule has 1 heterocycles. The smallest absolute Gasteiger partial charge is 0.256 e. The van der Waals surface area contributed by atoms with Crippen molar-refractivity contribution < 1.29 is 9.18 Å². The van der Waals surface area contributed by atoms with E-state index in [9.17, 15) is 9.18 Å². The molecule has 0 aliphatic carbocycles. The fourth-order valence-electron chi connectivity index (χ4n) is 2.48. The van der Waals surface area contributed by atoms with Crippen molar-refractivity contribution in [3.8, 4) is 0 Å². The molecule has 1 unspecified atom stereocenters. The second-order valence-corrected chi connectivity index (χ2v) is 5.52. The Labute approximate surface area is 117 Å². The van der Waals surface area contributed by atoms with Gasteiger partial charge in [0.05, 0.1) is 5.56 Å². The molecule has 3 nitrogen and oxygen atoms in total. The van der Waals surface area contributed by atoms with Gasteiger partial charge in [-0.05, 0) is 44.6 Å². The van der Waals surface area contributed by atoms with Crippen LogP contribution in [0.4, 0.5) is 4.39 Å². The normalized spacial score (nSPS) is 19.7. The van der Waals surface area contributed by atoms with Crippen molar-refractivity contribution in [3.63, 3.8) is 0 Å². The van der Waals surface area contributed by atoms with Crippen molar-refractivity contribution >= 4 is 17.5 Å². The minimum Gasteiger partial charge on any atom is -0.340 e. The monoisotopic (exact) mass is 284 g/mol. The highest BCUT2D eigenvalue weighted by Crippen LogP contribution is 2.19. The predicted octanol–water partition coefficient (Wildman–Crippen LogP) is 2.65. The Kier molecular flexibility index (Phi) is 4.42. The molecule has 1 saturated heterocycles. The lowest BCUT2D eigenvalue weighted by atomic mass is 10.1. The lowest BCUT2D eigenvalue weighted by Crippen LogP contribution is -2.39. The average Bonchev–Trinajstić information content (AvgIpc) is 2.77. The largest absolute Gasteiger partial charge is 0.340 e. The first kappa shape index (κ1) is 14.3. The number of likely N-dealkylation sites (tertiary alicyclic amines) is 1. The molecule has 0 radical (unpaired) electrons. The molecule has 0 aromatic heterocycles. The molecule has 19 heavy (non-hydrogen) atoms. The van der Waals surface area contributed by atoms with Crippen molar-refractivity contribution in [2.45, 2.75) is 18.9 Å². The van der Waals surface area contributed by atoms with Crippen molar-refractivity contribution in [3.05, 3.63) is 34.6 Å². The topological polar surface area (TPSA) is 23.6 Å². The van der Waals surface area contributed by atoms with Crippen molar-refractivity contribution in [2.75, 3.05) is 27.2 Å². The third-order valence-electron chi connectivity index (χ3n) is 3.66. The Morgan fingerprint density at radius 1 is 1.58 bits per heavy atom. The van der Waals surface area contributed by atoms with Gasteiger partial charge >= 0.3 is 0 Å². The van der Waals surface area contributed by atoms with Crippen molar-refractivity contribution in [2.24, 2.45) is 0 Å². The fourth-order valence-corrected chi connectivity index (χ4v) is 2.65. The van der Waals surface area contributed by atoms with E-state index in [1.165, 1.54) is 18.2 Å². The number of carbonyl (C=O) groups excluding carboxylic acids is 1. The molecule has 2 rings (SSSR count). The maximum Gasteiger partial charge on any atom is 0.256 e. The molecule has 1 aromatic rings. The molecule has 1 atom stereocenters. The lowest BCUT2D eigenvalue weighted by Gasteiger charge is -2.26. The molecule has 0 saturated carbocycles. The molecule has 1 fully saturated rings. The Morgan fingerprint density at radius 3 is 2.95 bits per heavy atom. The zero-order chi connectivity index (χ0) is 14.0. The van der Waals surface area contributed by atoms with Crippen LogP contribution in [-0.4, -0.2) is 48.9 Å². The summed E-state index contributed by atoms with van der Waals surface area (Å²) in [5, 5.41) is 0.371. The zero-order valence-electron chi connectivity index (χ0n) is 11.2.